The molecule has 0 aliphatic carbocycles. The Morgan fingerprint density at radius 3 is 2.65 bits per heavy atom. The number of carbonyl (C=O) groups excluding carboxylic acids is 1. The lowest BCUT2D eigenvalue weighted by Gasteiger charge is -2.36. The fraction of sp³-hybridized carbons (Fsp3) is 0.588. The zero-order valence-corrected chi connectivity index (χ0v) is 13.4. The number of halogens is 1. The van der Waals surface area contributed by atoms with E-state index in [0.717, 1.165) is 12.1 Å². The summed E-state index contributed by atoms with van der Waals surface area (Å²) < 4.78 is 24.3. The van der Waals surface area contributed by atoms with Crippen molar-refractivity contribution in [2.45, 2.75) is 19.1 Å². The molecule has 0 saturated carbocycles. The largest absolute Gasteiger partial charge is 0.375 e. The predicted molar refractivity (Wildman–Crippen MR) is 83.5 cm³/mol. The van der Waals surface area contributed by atoms with Gasteiger partial charge in [-0.2, -0.15) is 0 Å². The quantitative estimate of drug-likeness (QED) is 0.845. The molecule has 2 aliphatic rings. The average Bonchev–Trinajstić information content (AvgIpc) is 2.56. The van der Waals surface area contributed by atoms with Crippen molar-refractivity contribution < 1.29 is 18.7 Å². The summed E-state index contributed by atoms with van der Waals surface area (Å²) in [6, 6.07) is 6.37. The number of nitrogens with zero attached hydrogens (tertiary/aromatic N) is 2. The summed E-state index contributed by atoms with van der Waals surface area (Å²) in [7, 11) is 0. The third-order valence-corrected chi connectivity index (χ3v) is 4.35. The zero-order valence-electron chi connectivity index (χ0n) is 13.4. The van der Waals surface area contributed by atoms with Crippen LogP contribution in [0.2, 0.25) is 0 Å². The van der Waals surface area contributed by atoms with Crippen LogP contribution >= 0.6 is 0 Å². The van der Waals surface area contributed by atoms with Crippen LogP contribution in [0, 0.1) is 5.82 Å². The smallest absolute Gasteiger partial charge is 0.236 e. The molecule has 0 N–H and O–H groups in total. The van der Waals surface area contributed by atoms with Crippen molar-refractivity contribution in [2.24, 2.45) is 0 Å². The van der Waals surface area contributed by atoms with Crippen LogP contribution in [0.5, 0.6) is 0 Å². The maximum Gasteiger partial charge on any atom is 0.236 e. The molecule has 6 heteroatoms. The van der Waals surface area contributed by atoms with Crippen LogP contribution in [0.3, 0.4) is 0 Å². The molecule has 1 aromatic rings. The molecular formula is C17H23FN2O3. The van der Waals surface area contributed by atoms with Crippen molar-refractivity contribution in [3.63, 3.8) is 0 Å². The SMILES string of the molecule is C[C@H]1CN(C(=O)CN2CCO[C@@H](c3ccc(F)cc3)C2)CCO1. The first kappa shape index (κ1) is 16.4. The fourth-order valence-electron chi connectivity index (χ4n) is 3.06. The monoisotopic (exact) mass is 322 g/mol. The van der Waals surface area contributed by atoms with Gasteiger partial charge in [0.1, 0.15) is 5.82 Å². The second-order valence-electron chi connectivity index (χ2n) is 6.17. The Labute approximate surface area is 136 Å². The average molecular weight is 322 g/mol. The summed E-state index contributed by atoms with van der Waals surface area (Å²) in [6.07, 6.45) is -0.00915. The third kappa shape index (κ3) is 4.28. The van der Waals surface area contributed by atoms with Crippen LogP contribution in [0.15, 0.2) is 24.3 Å². The van der Waals surface area contributed by atoms with Crippen molar-refractivity contribution in [1.82, 2.24) is 9.80 Å². The van der Waals surface area contributed by atoms with Crippen LogP contribution in [0.25, 0.3) is 0 Å². The summed E-state index contributed by atoms with van der Waals surface area (Å²) in [5, 5.41) is 0. The van der Waals surface area contributed by atoms with E-state index in [-0.39, 0.29) is 23.9 Å². The molecule has 2 heterocycles. The Morgan fingerprint density at radius 1 is 1.17 bits per heavy atom. The van der Waals surface area contributed by atoms with Crippen LogP contribution in [0.4, 0.5) is 4.39 Å². The molecule has 1 aromatic carbocycles. The molecule has 2 saturated heterocycles. The summed E-state index contributed by atoms with van der Waals surface area (Å²) in [4.78, 5) is 16.4. The van der Waals surface area contributed by atoms with Gasteiger partial charge in [0.05, 0.1) is 32.0 Å². The molecule has 0 radical (unpaired) electrons. The summed E-state index contributed by atoms with van der Waals surface area (Å²) >= 11 is 0. The number of hydrogen-bond acceptors (Lipinski definition) is 4. The van der Waals surface area contributed by atoms with Gasteiger partial charge in [-0.05, 0) is 24.6 Å². The molecule has 2 atom stereocenters. The van der Waals surface area contributed by atoms with Crippen LogP contribution in [-0.2, 0) is 14.3 Å². The molecular weight excluding hydrogens is 299 g/mol. The van der Waals surface area contributed by atoms with Gasteiger partial charge in [-0.1, -0.05) is 12.1 Å². The standard InChI is InChI=1S/C17H23FN2O3/c1-13-10-20(7-9-22-13)17(21)12-19-6-8-23-16(11-19)14-2-4-15(18)5-3-14/h2-5,13,16H,6-12H2,1H3/t13-,16+/m0/s1. The van der Waals surface area contributed by atoms with Crippen LogP contribution < -0.4 is 0 Å². The van der Waals surface area contributed by atoms with Crippen LogP contribution in [-0.4, -0.2) is 67.7 Å². The van der Waals surface area contributed by atoms with E-state index in [2.05, 4.69) is 4.90 Å². The summed E-state index contributed by atoms with van der Waals surface area (Å²) in [6.45, 7) is 6.27. The molecule has 3 rings (SSSR count). The first-order valence-corrected chi connectivity index (χ1v) is 8.10. The fourth-order valence-corrected chi connectivity index (χ4v) is 3.06. The Kier molecular flexibility index (Phi) is 5.25. The third-order valence-electron chi connectivity index (χ3n) is 4.35. The summed E-state index contributed by atoms with van der Waals surface area (Å²) in [5.74, 6) is -0.113. The van der Waals surface area contributed by atoms with Crippen molar-refractivity contribution >= 4 is 5.91 Å². The van der Waals surface area contributed by atoms with Crippen molar-refractivity contribution in [2.75, 3.05) is 45.9 Å². The van der Waals surface area contributed by atoms with E-state index in [9.17, 15) is 9.18 Å². The first-order valence-electron chi connectivity index (χ1n) is 8.10. The lowest BCUT2D eigenvalue weighted by atomic mass is 10.1. The number of morpholine rings is 2. The van der Waals surface area contributed by atoms with Crippen molar-refractivity contribution in [3.8, 4) is 0 Å². The van der Waals surface area contributed by atoms with E-state index in [1.807, 2.05) is 11.8 Å². The maximum absolute atomic E-state index is 13.0. The predicted octanol–water partition coefficient (Wildman–Crippen LogP) is 1.45. The highest BCUT2D eigenvalue weighted by Crippen LogP contribution is 2.22. The highest BCUT2D eigenvalue weighted by Gasteiger charge is 2.27. The van der Waals surface area contributed by atoms with Crippen LogP contribution in [0.1, 0.15) is 18.6 Å². The van der Waals surface area contributed by atoms with E-state index in [4.69, 9.17) is 9.47 Å². The molecule has 1 amide bonds. The number of carbonyl (C=O) groups is 1. The minimum Gasteiger partial charge on any atom is -0.375 e. The topological polar surface area (TPSA) is 42.0 Å². The molecule has 0 unspecified atom stereocenters. The zero-order chi connectivity index (χ0) is 16.2. The van der Waals surface area contributed by atoms with Gasteiger partial charge >= 0.3 is 0 Å². The van der Waals surface area contributed by atoms with Crippen molar-refractivity contribution in [1.29, 1.82) is 0 Å². The van der Waals surface area contributed by atoms with Gasteiger partial charge in [0.25, 0.3) is 0 Å². The molecule has 0 spiro atoms. The Balaban J connectivity index is 1.56. The molecule has 2 fully saturated rings. The lowest BCUT2D eigenvalue weighted by Crippen LogP contribution is -2.50. The van der Waals surface area contributed by atoms with Gasteiger partial charge in [-0.25, -0.2) is 4.39 Å². The highest BCUT2D eigenvalue weighted by atomic mass is 19.1. The Bertz CT molecular complexity index is 537. The normalized spacial score (nSPS) is 26.3. The number of ether oxygens (including phenoxy) is 2. The molecule has 5 nitrogen and oxygen atoms in total. The van der Waals surface area contributed by atoms with Gasteiger partial charge in [-0.3, -0.25) is 9.69 Å². The molecule has 126 valence electrons. The number of rotatable bonds is 3. The van der Waals surface area contributed by atoms with E-state index >= 15 is 0 Å². The second kappa shape index (κ2) is 7.38. The Morgan fingerprint density at radius 2 is 1.91 bits per heavy atom. The molecule has 0 bridgehead atoms. The maximum atomic E-state index is 13.0. The van der Waals surface area contributed by atoms with Gasteiger partial charge < -0.3 is 14.4 Å². The first-order chi connectivity index (χ1) is 11.1. The van der Waals surface area contributed by atoms with E-state index in [0.29, 0.717) is 39.4 Å². The number of amides is 1. The van der Waals surface area contributed by atoms with Gasteiger partial charge in [0, 0.05) is 26.2 Å². The summed E-state index contributed by atoms with van der Waals surface area (Å²) in [5.41, 5.74) is 0.948. The van der Waals surface area contributed by atoms with Crippen molar-refractivity contribution in [3.05, 3.63) is 35.6 Å². The molecule has 0 aromatic heterocycles. The van der Waals surface area contributed by atoms with E-state index < -0.39 is 0 Å². The minimum absolute atomic E-state index is 0.101. The number of hydrogen-bond donors (Lipinski definition) is 0. The second-order valence-corrected chi connectivity index (χ2v) is 6.17. The lowest BCUT2D eigenvalue weighted by molar-refractivity contribution is -0.141. The van der Waals surface area contributed by atoms with Gasteiger partial charge in [0.15, 0.2) is 0 Å². The molecule has 23 heavy (non-hydrogen) atoms. The highest BCUT2D eigenvalue weighted by molar-refractivity contribution is 5.78. The van der Waals surface area contributed by atoms with E-state index in [1.54, 1.807) is 12.1 Å². The Hall–Kier alpha value is -1.50. The number of benzene rings is 1. The van der Waals surface area contributed by atoms with E-state index in [1.165, 1.54) is 12.1 Å². The van der Waals surface area contributed by atoms with Gasteiger partial charge in [0.2, 0.25) is 5.91 Å². The minimum atomic E-state index is -0.252. The molecule has 2 aliphatic heterocycles. The van der Waals surface area contributed by atoms with Gasteiger partial charge in [-0.15, -0.1) is 0 Å².